The lowest BCUT2D eigenvalue weighted by atomic mass is 10.0. The van der Waals surface area contributed by atoms with Crippen LogP contribution in [0.1, 0.15) is 41.6 Å². The van der Waals surface area contributed by atoms with Crippen molar-refractivity contribution in [1.29, 1.82) is 0 Å². The Morgan fingerprint density at radius 3 is 1.82 bits per heavy atom. The van der Waals surface area contributed by atoms with E-state index in [2.05, 4.69) is 5.10 Å². The van der Waals surface area contributed by atoms with E-state index in [1.807, 2.05) is 0 Å². The third-order valence-corrected chi connectivity index (χ3v) is 2.54. The number of carboxylic acids is 1. The molecule has 0 aliphatic heterocycles. The number of hydrogen-bond donors (Lipinski definition) is 1. The second kappa shape index (κ2) is 5.09. The molecule has 0 aromatic carbocycles. The molecule has 1 N–H and O–H groups in total. The minimum absolute atomic E-state index is 0.0276. The van der Waals surface area contributed by atoms with Crippen LogP contribution >= 0.6 is 0 Å². The van der Waals surface area contributed by atoms with Gasteiger partial charge in [0, 0.05) is 6.04 Å². The monoisotopic (exact) mass is 340 g/mol. The van der Waals surface area contributed by atoms with Crippen molar-refractivity contribution in [3.05, 3.63) is 17.0 Å². The van der Waals surface area contributed by atoms with E-state index in [4.69, 9.17) is 5.11 Å². The van der Waals surface area contributed by atoms with Crippen LogP contribution in [0.25, 0.3) is 0 Å². The molecule has 0 fully saturated rings. The third-order valence-electron chi connectivity index (χ3n) is 2.54. The molecule has 0 unspecified atom stereocenters. The van der Waals surface area contributed by atoms with E-state index in [0.29, 0.717) is 0 Å². The van der Waals surface area contributed by atoms with Crippen LogP contribution in [-0.4, -0.2) is 27.0 Å². The molecule has 1 rings (SSSR count). The highest BCUT2D eigenvalue weighted by atomic mass is 19.4. The Balaban J connectivity index is 3.91. The first-order chi connectivity index (χ1) is 9.62. The quantitative estimate of drug-likeness (QED) is 0.851. The van der Waals surface area contributed by atoms with Crippen LogP contribution in [0.3, 0.4) is 0 Å². The van der Waals surface area contributed by atoms with Gasteiger partial charge >= 0.3 is 24.2 Å². The Bertz CT molecular complexity index is 585. The van der Waals surface area contributed by atoms with E-state index in [-0.39, 0.29) is 4.68 Å². The lowest BCUT2D eigenvalue weighted by Gasteiger charge is -2.21. The molecular weight excluding hydrogens is 332 g/mol. The minimum Gasteiger partial charge on any atom is -0.477 e. The van der Waals surface area contributed by atoms with Crippen molar-refractivity contribution >= 4 is 5.97 Å². The maximum absolute atomic E-state index is 13.4. The zero-order valence-corrected chi connectivity index (χ0v) is 10.9. The highest BCUT2D eigenvalue weighted by Gasteiger charge is 2.64. The van der Waals surface area contributed by atoms with Gasteiger partial charge in [0.1, 0.15) is 0 Å². The zero-order valence-electron chi connectivity index (χ0n) is 10.9. The highest BCUT2D eigenvalue weighted by Crippen LogP contribution is 2.49. The van der Waals surface area contributed by atoms with Gasteiger partial charge in [-0.25, -0.2) is 4.79 Å². The number of hydrogen-bond acceptors (Lipinski definition) is 2. The normalized spacial score (nSPS) is 13.8. The molecule has 12 heteroatoms. The Morgan fingerprint density at radius 1 is 1.09 bits per heavy atom. The number of halogens is 8. The molecule has 22 heavy (non-hydrogen) atoms. The van der Waals surface area contributed by atoms with Crippen LogP contribution in [0.4, 0.5) is 35.1 Å². The Morgan fingerprint density at radius 2 is 1.55 bits per heavy atom. The number of carboxylic acid groups (broad SMARTS) is 1. The average Bonchev–Trinajstić information content (AvgIpc) is 2.67. The molecule has 0 aliphatic rings. The minimum atomic E-state index is -6.41. The number of aromatic carboxylic acids is 1. The molecule has 126 valence electrons. The van der Waals surface area contributed by atoms with Crippen molar-refractivity contribution in [3.8, 4) is 0 Å². The molecular formula is C10H8F8N2O2. The number of rotatable bonds is 3. The van der Waals surface area contributed by atoms with Gasteiger partial charge < -0.3 is 5.11 Å². The van der Waals surface area contributed by atoms with Gasteiger partial charge in [0.15, 0.2) is 11.4 Å². The van der Waals surface area contributed by atoms with Gasteiger partial charge in [-0.3, -0.25) is 4.68 Å². The van der Waals surface area contributed by atoms with Crippen molar-refractivity contribution < 1.29 is 45.0 Å². The topological polar surface area (TPSA) is 55.1 Å². The van der Waals surface area contributed by atoms with Gasteiger partial charge in [-0.05, 0) is 13.8 Å². The van der Waals surface area contributed by atoms with Gasteiger partial charge in [0.25, 0.3) is 0 Å². The second-order valence-corrected chi connectivity index (χ2v) is 4.49. The molecule has 0 amide bonds. The fourth-order valence-corrected chi connectivity index (χ4v) is 1.65. The first-order valence-electron chi connectivity index (χ1n) is 5.50. The molecule has 0 bridgehead atoms. The maximum Gasteiger partial charge on any atom is 0.458 e. The summed E-state index contributed by atoms with van der Waals surface area (Å²) in [5, 5.41) is 11.4. The van der Waals surface area contributed by atoms with Gasteiger partial charge in [-0.1, -0.05) is 0 Å². The molecule has 0 spiro atoms. The van der Waals surface area contributed by atoms with Crippen LogP contribution in [0.15, 0.2) is 0 Å². The van der Waals surface area contributed by atoms with Gasteiger partial charge in [-0.2, -0.15) is 40.2 Å². The summed E-state index contributed by atoms with van der Waals surface area (Å²) in [6.45, 7) is 2.16. The fourth-order valence-electron chi connectivity index (χ4n) is 1.65. The molecule has 0 saturated carbocycles. The zero-order chi connectivity index (χ0) is 17.7. The highest BCUT2D eigenvalue weighted by molar-refractivity contribution is 5.88. The van der Waals surface area contributed by atoms with E-state index >= 15 is 0 Å². The molecule has 0 aliphatic carbocycles. The van der Waals surface area contributed by atoms with Crippen molar-refractivity contribution in [2.24, 2.45) is 0 Å². The second-order valence-electron chi connectivity index (χ2n) is 4.49. The molecule has 0 atom stereocenters. The lowest BCUT2D eigenvalue weighted by Crippen LogP contribution is -2.36. The summed E-state index contributed by atoms with van der Waals surface area (Å²) in [4.78, 5) is 10.9. The molecule has 1 aromatic rings. The van der Waals surface area contributed by atoms with Crippen molar-refractivity contribution in [1.82, 2.24) is 9.78 Å². The fraction of sp³-hybridized carbons (Fsp3) is 0.600. The van der Waals surface area contributed by atoms with E-state index in [9.17, 15) is 39.9 Å². The van der Waals surface area contributed by atoms with E-state index in [1.54, 1.807) is 0 Å². The van der Waals surface area contributed by atoms with Gasteiger partial charge in [-0.15, -0.1) is 0 Å². The standard InChI is InChI=1S/C10H8F8N2O2/c1-3(2)20-5(7(21)22)4(6(19-20)9(13,14)15)8(11,12)10(16,17)18/h3H,1-2H3,(H,21,22). The van der Waals surface area contributed by atoms with E-state index in [0.717, 1.165) is 13.8 Å². The predicted octanol–water partition coefficient (Wildman–Crippen LogP) is 3.84. The van der Waals surface area contributed by atoms with Crippen LogP contribution in [0, 0.1) is 0 Å². The van der Waals surface area contributed by atoms with Crippen molar-refractivity contribution in [2.75, 3.05) is 0 Å². The SMILES string of the molecule is CC(C)n1nc(C(F)(F)F)c(C(F)(F)C(F)(F)F)c1C(=O)O. The first kappa shape index (κ1) is 18.2. The van der Waals surface area contributed by atoms with E-state index in [1.165, 1.54) is 0 Å². The number of alkyl halides is 8. The summed E-state index contributed by atoms with van der Waals surface area (Å²) in [5.74, 6) is -8.41. The molecule has 4 nitrogen and oxygen atoms in total. The number of aromatic nitrogens is 2. The Kier molecular flexibility index (Phi) is 4.20. The van der Waals surface area contributed by atoms with Crippen LogP contribution in [0.2, 0.25) is 0 Å². The predicted molar refractivity (Wildman–Crippen MR) is 54.5 cm³/mol. The summed E-state index contributed by atoms with van der Waals surface area (Å²) in [5.41, 5.74) is -7.15. The molecule has 0 radical (unpaired) electrons. The largest absolute Gasteiger partial charge is 0.477 e. The van der Waals surface area contributed by atoms with Crippen molar-refractivity contribution in [3.63, 3.8) is 0 Å². The smallest absolute Gasteiger partial charge is 0.458 e. The number of nitrogens with zero attached hydrogens (tertiary/aromatic N) is 2. The average molecular weight is 340 g/mol. The lowest BCUT2D eigenvalue weighted by molar-refractivity contribution is -0.291. The Hall–Kier alpha value is -1.88. The van der Waals surface area contributed by atoms with Gasteiger partial charge in [0.05, 0.1) is 5.56 Å². The summed E-state index contributed by atoms with van der Waals surface area (Å²) in [6, 6.07) is -1.19. The Labute approximate surface area is 117 Å². The summed E-state index contributed by atoms with van der Waals surface area (Å²) in [7, 11) is 0. The summed E-state index contributed by atoms with van der Waals surface area (Å²) in [6.07, 6.45) is -12.1. The van der Waals surface area contributed by atoms with Crippen molar-refractivity contribution in [2.45, 2.75) is 38.2 Å². The van der Waals surface area contributed by atoms with Crippen LogP contribution in [0.5, 0.6) is 0 Å². The van der Waals surface area contributed by atoms with Crippen LogP contribution < -0.4 is 0 Å². The summed E-state index contributed by atoms with van der Waals surface area (Å²) < 4.78 is 102. The van der Waals surface area contributed by atoms with Gasteiger partial charge in [0.2, 0.25) is 0 Å². The van der Waals surface area contributed by atoms with Crippen LogP contribution in [-0.2, 0) is 12.1 Å². The van der Waals surface area contributed by atoms with E-state index < -0.39 is 47.2 Å². The maximum atomic E-state index is 13.4. The molecule has 1 heterocycles. The number of carbonyl (C=O) groups is 1. The third kappa shape index (κ3) is 2.86. The molecule has 1 aromatic heterocycles. The summed E-state index contributed by atoms with van der Waals surface area (Å²) >= 11 is 0. The molecule has 0 saturated heterocycles. The first-order valence-corrected chi connectivity index (χ1v) is 5.50.